The van der Waals surface area contributed by atoms with Crippen LogP contribution in [-0.2, 0) is 0 Å². The molecule has 0 aliphatic heterocycles. The predicted octanol–water partition coefficient (Wildman–Crippen LogP) is 2.96. The number of benzene rings is 1. The fourth-order valence-electron chi connectivity index (χ4n) is 1.95. The smallest absolute Gasteiger partial charge is 0.0303 e. The normalized spacial score (nSPS) is 27.2. The molecule has 0 heterocycles. The van der Waals surface area contributed by atoms with Gasteiger partial charge >= 0.3 is 0 Å². The Labute approximate surface area is 81.1 Å². The SMILES string of the molecule is CC1CC(N)c2cc(Br)ccc21. The zero-order chi connectivity index (χ0) is 8.72. The number of nitrogens with two attached hydrogens (primary N) is 1. The van der Waals surface area contributed by atoms with Crippen molar-refractivity contribution in [3.8, 4) is 0 Å². The van der Waals surface area contributed by atoms with E-state index < -0.39 is 0 Å². The van der Waals surface area contributed by atoms with E-state index in [-0.39, 0.29) is 6.04 Å². The summed E-state index contributed by atoms with van der Waals surface area (Å²) in [6, 6.07) is 6.65. The molecule has 0 radical (unpaired) electrons. The summed E-state index contributed by atoms with van der Waals surface area (Å²) in [7, 11) is 0. The molecule has 1 aliphatic rings. The summed E-state index contributed by atoms with van der Waals surface area (Å²) in [6.45, 7) is 2.24. The first-order valence-electron chi connectivity index (χ1n) is 4.23. The van der Waals surface area contributed by atoms with Gasteiger partial charge in [-0.15, -0.1) is 0 Å². The topological polar surface area (TPSA) is 26.0 Å². The molecule has 1 nitrogen and oxygen atoms in total. The van der Waals surface area contributed by atoms with Crippen LogP contribution in [0.1, 0.15) is 36.4 Å². The second-order valence-corrected chi connectivity index (χ2v) is 4.43. The van der Waals surface area contributed by atoms with Gasteiger partial charge in [-0.2, -0.15) is 0 Å². The lowest BCUT2D eigenvalue weighted by Crippen LogP contribution is -2.05. The lowest BCUT2D eigenvalue weighted by atomic mass is 10.0. The van der Waals surface area contributed by atoms with Gasteiger partial charge in [0.2, 0.25) is 0 Å². The summed E-state index contributed by atoms with van der Waals surface area (Å²) in [4.78, 5) is 0. The standard InChI is InChI=1S/C10H12BrN/c1-6-4-10(12)9-5-7(11)2-3-8(6)9/h2-3,5-6,10H,4,12H2,1H3. The molecule has 0 bridgehead atoms. The van der Waals surface area contributed by atoms with Crippen molar-refractivity contribution in [2.45, 2.75) is 25.3 Å². The molecule has 1 aliphatic carbocycles. The number of hydrogen-bond acceptors (Lipinski definition) is 1. The first-order chi connectivity index (χ1) is 5.68. The number of fused-ring (bicyclic) bond motifs is 1. The van der Waals surface area contributed by atoms with Gasteiger partial charge in [0.05, 0.1) is 0 Å². The minimum absolute atomic E-state index is 0.243. The highest BCUT2D eigenvalue weighted by atomic mass is 79.9. The predicted molar refractivity (Wildman–Crippen MR) is 54.1 cm³/mol. The Morgan fingerprint density at radius 2 is 2.17 bits per heavy atom. The molecule has 0 amide bonds. The highest BCUT2D eigenvalue weighted by molar-refractivity contribution is 9.10. The van der Waals surface area contributed by atoms with E-state index >= 15 is 0 Å². The van der Waals surface area contributed by atoms with Crippen LogP contribution in [-0.4, -0.2) is 0 Å². The first-order valence-corrected chi connectivity index (χ1v) is 5.02. The maximum atomic E-state index is 5.98. The first kappa shape index (κ1) is 8.27. The molecule has 1 aromatic carbocycles. The van der Waals surface area contributed by atoms with Crippen molar-refractivity contribution in [1.82, 2.24) is 0 Å². The highest BCUT2D eigenvalue weighted by Gasteiger charge is 2.24. The van der Waals surface area contributed by atoms with Gasteiger partial charge in [-0.05, 0) is 35.6 Å². The monoisotopic (exact) mass is 225 g/mol. The fourth-order valence-corrected chi connectivity index (χ4v) is 2.33. The van der Waals surface area contributed by atoms with Crippen LogP contribution < -0.4 is 5.73 Å². The summed E-state index contributed by atoms with van der Waals surface area (Å²) in [5.41, 5.74) is 8.72. The van der Waals surface area contributed by atoms with Gasteiger partial charge in [-0.3, -0.25) is 0 Å². The second kappa shape index (κ2) is 2.86. The Hall–Kier alpha value is -0.340. The van der Waals surface area contributed by atoms with Gasteiger partial charge in [0.15, 0.2) is 0 Å². The molecule has 2 unspecified atom stereocenters. The summed E-state index contributed by atoms with van der Waals surface area (Å²) in [6.07, 6.45) is 1.09. The molecule has 0 aromatic heterocycles. The van der Waals surface area contributed by atoms with Gasteiger partial charge in [-0.25, -0.2) is 0 Å². The zero-order valence-corrected chi connectivity index (χ0v) is 8.64. The van der Waals surface area contributed by atoms with Gasteiger partial charge < -0.3 is 5.73 Å². The van der Waals surface area contributed by atoms with E-state index in [0.717, 1.165) is 10.9 Å². The maximum Gasteiger partial charge on any atom is 0.0303 e. The highest BCUT2D eigenvalue weighted by Crippen LogP contribution is 2.39. The third-order valence-electron chi connectivity index (χ3n) is 2.59. The van der Waals surface area contributed by atoms with E-state index in [1.54, 1.807) is 0 Å². The molecule has 0 spiro atoms. The van der Waals surface area contributed by atoms with Gasteiger partial charge in [0.25, 0.3) is 0 Å². The average molecular weight is 226 g/mol. The van der Waals surface area contributed by atoms with E-state index in [4.69, 9.17) is 5.73 Å². The van der Waals surface area contributed by atoms with E-state index in [1.807, 2.05) is 0 Å². The molecule has 2 N–H and O–H groups in total. The molecule has 1 aromatic rings. The third kappa shape index (κ3) is 1.19. The molecular formula is C10H12BrN. The number of halogens is 1. The summed E-state index contributed by atoms with van der Waals surface area (Å²) >= 11 is 3.46. The minimum Gasteiger partial charge on any atom is -0.324 e. The van der Waals surface area contributed by atoms with Crippen molar-refractivity contribution in [3.63, 3.8) is 0 Å². The zero-order valence-electron chi connectivity index (χ0n) is 7.05. The molecule has 2 atom stereocenters. The van der Waals surface area contributed by atoms with Crippen LogP contribution in [0.15, 0.2) is 22.7 Å². The maximum absolute atomic E-state index is 5.98. The van der Waals surface area contributed by atoms with Gasteiger partial charge in [0, 0.05) is 10.5 Å². The van der Waals surface area contributed by atoms with Crippen molar-refractivity contribution in [3.05, 3.63) is 33.8 Å². The molecule has 0 saturated heterocycles. The van der Waals surface area contributed by atoms with Crippen LogP contribution in [0.4, 0.5) is 0 Å². The Kier molecular flexibility index (Phi) is 1.97. The summed E-state index contributed by atoms with van der Waals surface area (Å²) in [5.74, 6) is 0.628. The molecule has 64 valence electrons. The molecule has 2 rings (SSSR count). The van der Waals surface area contributed by atoms with Crippen molar-refractivity contribution < 1.29 is 0 Å². The van der Waals surface area contributed by atoms with Crippen molar-refractivity contribution in [2.75, 3.05) is 0 Å². The van der Waals surface area contributed by atoms with Crippen LogP contribution in [0.2, 0.25) is 0 Å². The lowest BCUT2D eigenvalue weighted by molar-refractivity contribution is 0.640. The van der Waals surface area contributed by atoms with Gasteiger partial charge in [0.1, 0.15) is 0 Å². The average Bonchev–Trinajstić information content (AvgIpc) is 2.28. The largest absolute Gasteiger partial charge is 0.324 e. The molecule has 0 saturated carbocycles. The molecule has 2 heteroatoms. The van der Waals surface area contributed by atoms with Crippen LogP contribution in [0.3, 0.4) is 0 Å². The van der Waals surface area contributed by atoms with Crippen molar-refractivity contribution >= 4 is 15.9 Å². The van der Waals surface area contributed by atoms with E-state index in [9.17, 15) is 0 Å². The van der Waals surface area contributed by atoms with Crippen LogP contribution in [0.5, 0.6) is 0 Å². The molecular weight excluding hydrogens is 214 g/mol. The quantitative estimate of drug-likeness (QED) is 0.723. The van der Waals surface area contributed by atoms with Crippen LogP contribution in [0.25, 0.3) is 0 Å². The van der Waals surface area contributed by atoms with E-state index in [0.29, 0.717) is 5.92 Å². The Bertz CT molecular complexity index is 309. The van der Waals surface area contributed by atoms with Gasteiger partial charge in [-0.1, -0.05) is 28.9 Å². The number of hydrogen-bond donors (Lipinski definition) is 1. The summed E-state index contributed by atoms with van der Waals surface area (Å²) in [5, 5.41) is 0. The second-order valence-electron chi connectivity index (χ2n) is 3.52. The Morgan fingerprint density at radius 3 is 2.92 bits per heavy atom. The Morgan fingerprint density at radius 1 is 1.42 bits per heavy atom. The third-order valence-corrected chi connectivity index (χ3v) is 3.08. The van der Waals surface area contributed by atoms with Crippen molar-refractivity contribution in [1.29, 1.82) is 0 Å². The lowest BCUT2D eigenvalue weighted by Gasteiger charge is -2.04. The van der Waals surface area contributed by atoms with Crippen molar-refractivity contribution in [2.24, 2.45) is 5.73 Å². The van der Waals surface area contributed by atoms with E-state index in [1.165, 1.54) is 11.1 Å². The number of rotatable bonds is 0. The fraction of sp³-hybridized carbons (Fsp3) is 0.400. The molecule has 12 heavy (non-hydrogen) atoms. The van der Waals surface area contributed by atoms with Crippen LogP contribution >= 0.6 is 15.9 Å². The molecule has 0 fully saturated rings. The summed E-state index contributed by atoms with van der Waals surface area (Å²) < 4.78 is 1.13. The van der Waals surface area contributed by atoms with E-state index in [2.05, 4.69) is 41.1 Å². The van der Waals surface area contributed by atoms with Crippen LogP contribution in [0, 0.1) is 0 Å². The minimum atomic E-state index is 0.243. The Balaban J connectivity index is 2.53.